The van der Waals surface area contributed by atoms with Crippen molar-refractivity contribution in [2.24, 2.45) is 0 Å². The van der Waals surface area contributed by atoms with Gasteiger partial charge in [0.1, 0.15) is 0 Å². The maximum absolute atomic E-state index is 12.6. The van der Waals surface area contributed by atoms with Crippen LogP contribution in [0.25, 0.3) is 0 Å². The highest BCUT2D eigenvalue weighted by atomic mass is 16.6. The monoisotopic (exact) mass is 319 g/mol. The lowest BCUT2D eigenvalue weighted by molar-refractivity contribution is -0.154. The normalized spacial score (nSPS) is 15.7. The van der Waals surface area contributed by atoms with Crippen LogP contribution in [0, 0.1) is 0 Å². The lowest BCUT2D eigenvalue weighted by Crippen LogP contribution is -2.39. The van der Waals surface area contributed by atoms with E-state index < -0.39 is 30.0 Å². The number of amides is 2. The second-order valence-corrected chi connectivity index (χ2v) is 5.50. The first kappa shape index (κ1) is 17.0. The third-order valence-corrected chi connectivity index (χ3v) is 4.03. The van der Waals surface area contributed by atoms with Crippen molar-refractivity contribution < 1.29 is 23.9 Å². The van der Waals surface area contributed by atoms with Crippen molar-refractivity contribution >= 4 is 18.0 Å². The summed E-state index contributed by atoms with van der Waals surface area (Å²) in [6.07, 6.45) is 2.45. The van der Waals surface area contributed by atoms with E-state index in [4.69, 9.17) is 4.74 Å². The zero-order valence-corrected chi connectivity index (χ0v) is 13.2. The number of carbonyl (C=O) groups excluding carboxylic acids is 3. The lowest BCUT2D eigenvalue weighted by Gasteiger charge is -2.27. The van der Waals surface area contributed by atoms with Gasteiger partial charge in [-0.1, -0.05) is 43.2 Å². The predicted octanol–water partition coefficient (Wildman–Crippen LogP) is 2.31. The van der Waals surface area contributed by atoms with Crippen molar-refractivity contribution in [1.82, 2.24) is 5.32 Å². The molecular formula is C17H21NO5. The van der Waals surface area contributed by atoms with E-state index in [0.29, 0.717) is 12.8 Å². The van der Waals surface area contributed by atoms with Crippen molar-refractivity contribution in [3.8, 4) is 0 Å². The molecule has 0 spiro atoms. The number of hydrogen-bond donors (Lipinski definition) is 1. The third kappa shape index (κ3) is 4.09. The Bertz CT molecular complexity index is 564. The minimum Gasteiger partial charge on any atom is -0.455 e. The minimum absolute atomic E-state index is 0.163. The van der Waals surface area contributed by atoms with Crippen molar-refractivity contribution in [3.63, 3.8) is 0 Å². The Balaban J connectivity index is 1.98. The van der Waals surface area contributed by atoms with Gasteiger partial charge in [-0.05, 0) is 25.3 Å². The van der Waals surface area contributed by atoms with Crippen molar-refractivity contribution in [1.29, 1.82) is 0 Å². The number of imide groups is 1. The van der Waals surface area contributed by atoms with Gasteiger partial charge in [-0.2, -0.15) is 0 Å². The molecule has 1 aromatic carbocycles. The fourth-order valence-electron chi connectivity index (χ4n) is 2.93. The average Bonchev–Trinajstić information content (AvgIpc) is 3.04. The fraction of sp³-hybridized carbons (Fsp3) is 0.471. The van der Waals surface area contributed by atoms with Gasteiger partial charge in [0, 0.05) is 0 Å². The van der Waals surface area contributed by atoms with E-state index in [2.05, 4.69) is 4.74 Å². The van der Waals surface area contributed by atoms with E-state index in [0.717, 1.165) is 18.4 Å². The lowest BCUT2D eigenvalue weighted by atomic mass is 9.79. The molecule has 1 saturated carbocycles. The van der Waals surface area contributed by atoms with Gasteiger partial charge in [-0.3, -0.25) is 14.9 Å². The number of alkyl carbamates (subject to hydrolysis) is 1. The summed E-state index contributed by atoms with van der Waals surface area (Å²) in [6.45, 7) is 1.30. The molecule has 1 aliphatic carbocycles. The molecule has 0 bridgehead atoms. The van der Waals surface area contributed by atoms with Gasteiger partial charge in [0.25, 0.3) is 5.91 Å². The molecule has 1 aromatic rings. The summed E-state index contributed by atoms with van der Waals surface area (Å²) in [5, 5.41) is 2.00. The van der Waals surface area contributed by atoms with E-state index in [1.807, 2.05) is 35.6 Å². The maximum Gasteiger partial charge on any atom is 0.413 e. The van der Waals surface area contributed by atoms with Gasteiger partial charge in [0.2, 0.25) is 0 Å². The average molecular weight is 319 g/mol. The summed E-state index contributed by atoms with van der Waals surface area (Å²) in [4.78, 5) is 35.3. The molecule has 6 heteroatoms. The fourth-order valence-corrected chi connectivity index (χ4v) is 2.93. The first-order valence-electron chi connectivity index (χ1n) is 7.78. The number of ether oxygens (including phenoxy) is 2. The Morgan fingerprint density at radius 2 is 1.74 bits per heavy atom. The SMILES string of the molecule is CCOC(=O)NC(=O)COC(=O)C1(c2ccccc2)CCCC1. The Morgan fingerprint density at radius 3 is 2.35 bits per heavy atom. The van der Waals surface area contributed by atoms with E-state index >= 15 is 0 Å². The maximum atomic E-state index is 12.6. The molecule has 2 rings (SSSR count). The zero-order valence-electron chi connectivity index (χ0n) is 13.2. The highest BCUT2D eigenvalue weighted by Crippen LogP contribution is 2.42. The molecular weight excluding hydrogens is 298 g/mol. The van der Waals surface area contributed by atoms with Gasteiger partial charge in [0.05, 0.1) is 12.0 Å². The number of benzene rings is 1. The molecule has 6 nitrogen and oxygen atoms in total. The van der Waals surface area contributed by atoms with E-state index in [-0.39, 0.29) is 6.61 Å². The van der Waals surface area contributed by atoms with Crippen LogP contribution in [0.2, 0.25) is 0 Å². The van der Waals surface area contributed by atoms with Gasteiger partial charge >= 0.3 is 12.1 Å². The van der Waals surface area contributed by atoms with Crippen LogP contribution in [0.1, 0.15) is 38.2 Å². The van der Waals surface area contributed by atoms with Gasteiger partial charge in [0.15, 0.2) is 6.61 Å². The van der Waals surface area contributed by atoms with E-state index in [9.17, 15) is 14.4 Å². The van der Waals surface area contributed by atoms with Crippen LogP contribution in [-0.4, -0.2) is 31.2 Å². The quantitative estimate of drug-likeness (QED) is 0.842. The summed E-state index contributed by atoms with van der Waals surface area (Å²) in [5.41, 5.74) is 0.221. The van der Waals surface area contributed by atoms with Crippen LogP contribution in [0.15, 0.2) is 30.3 Å². The molecule has 0 aromatic heterocycles. The summed E-state index contributed by atoms with van der Waals surface area (Å²) in [6, 6.07) is 9.48. The largest absolute Gasteiger partial charge is 0.455 e. The number of rotatable bonds is 5. The highest BCUT2D eigenvalue weighted by molar-refractivity contribution is 5.94. The van der Waals surface area contributed by atoms with Crippen LogP contribution in [-0.2, 0) is 24.5 Å². The van der Waals surface area contributed by atoms with E-state index in [1.54, 1.807) is 6.92 Å². The molecule has 1 N–H and O–H groups in total. The summed E-state index contributed by atoms with van der Waals surface area (Å²) in [7, 11) is 0. The second kappa shape index (κ2) is 7.76. The smallest absolute Gasteiger partial charge is 0.413 e. The van der Waals surface area contributed by atoms with Gasteiger partial charge in [-0.15, -0.1) is 0 Å². The van der Waals surface area contributed by atoms with Gasteiger partial charge in [-0.25, -0.2) is 4.79 Å². The second-order valence-electron chi connectivity index (χ2n) is 5.50. The van der Waals surface area contributed by atoms with Crippen LogP contribution >= 0.6 is 0 Å². The summed E-state index contributed by atoms with van der Waals surface area (Å²) >= 11 is 0. The molecule has 0 radical (unpaired) electrons. The predicted molar refractivity (Wildman–Crippen MR) is 82.7 cm³/mol. The molecule has 0 aliphatic heterocycles. The Hall–Kier alpha value is -2.37. The first-order valence-corrected chi connectivity index (χ1v) is 7.78. The molecule has 23 heavy (non-hydrogen) atoms. The highest BCUT2D eigenvalue weighted by Gasteiger charge is 2.44. The molecule has 124 valence electrons. The zero-order chi connectivity index (χ0) is 16.7. The molecule has 2 amide bonds. The number of esters is 1. The summed E-state index contributed by atoms with van der Waals surface area (Å²) < 4.78 is 9.76. The van der Waals surface area contributed by atoms with Gasteiger partial charge < -0.3 is 9.47 Å². The number of hydrogen-bond acceptors (Lipinski definition) is 5. The van der Waals surface area contributed by atoms with Crippen molar-refractivity contribution in [2.75, 3.05) is 13.2 Å². The van der Waals surface area contributed by atoms with Crippen molar-refractivity contribution in [3.05, 3.63) is 35.9 Å². The molecule has 0 unspecified atom stereocenters. The van der Waals surface area contributed by atoms with Crippen LogP contribution in [0.4, 0.5) is 4.79 Å². The Labute approximate surface area is 135 Å². The van der Waals surface area contributed by atoms with E-state index in [1.165, 1.54) is 0 Å². The molecule has 1 fully saturated rings. The number of carbonyl (C=O) groups is 3. The van der Waals surface area contributed by atoms with Crippen molar-refractivity contribution in [2.45, 2.75) is 38.0 Å². The van der Waals surface area contributed by atoms with Crippen LogP contribution in [0.5, 0.6) is 0 Å². The Kier molecular flexibility index (Phi) is 5.73. The summed E-state index contributed by atoms with van der Waals surface area (Å²) in [5.74, 6) is -1.11. The topological polar surface area (TPSA) is 81.7 Å². The third-order valence-electron chi connectivity index (χ3n) is 4.03. The van der Waals surface area contributed by atoms with Crippen LogP contribution in [0.3, 0.4) is 0 Å². The van der Waals surface area contributed by atoms with Crippen LogP contribution < -0.4 is 5.32 Å². The Morgan fingerprint density at radius 1 is 1.09 bits per heavy atom. The molecule has 0 heterocycles. The molecule has 1 aliphatic rings. The minimum atomic E-state index is -0.841. The standard InChI is InChI=1S/C17H21NO5/c1-2-22-16(21)18-14(19)12-23-15(20)17(10-6-7-11-17)13-8-4-3-5-9-13/h3-5,8-9H,2,6-7,10-12H2,1H3,(H,18,19,21). The number of nitrogens with one attached hydrogen (secondary N) is 1. The molecule has 0 atom stereocenters. The molecule has 0 saturated heterocycles. The first-order chi connectivity index (χ1) is 11.1.